The molecule has 0 aromatic heterocycles. The average molecular weight is 282 g/mol. The maximum absolute atomic E-state index is 12.9. The van der Waals surface area contributed by atoms with Gasteiger partial charge in [0.2, 0.25) is 0 Å². The Morgan fingerprint density at radius 2 is 1.80 bits per heavy atom. The van der Waals surface area contributed by atoms with Crippen LogP contribution in [0.15, 0.2) is 0 Å². The van der Waals surface area contributed by atoms with Gasteiger partial charge in [0.25, 0.3) is 0 Å². The number of hydrogen-bond donors (Lipinski definition) is 1. The smallest absolute Gasteiger partial charge is 0.329 e. The summed E-state index contributed by atoms with van der Waals surface area (Å²) in [6, 6.07) is 0.330. The standard InChI is InChI=1S/C15H26N2O3/c1-4-15(13(18)19)9-6-10-16(15)14(20)17-11(2)7-5-8-12(17)3/h11-12H,4-10H2,1-3H3,(H,18,19)/t11-,12+,15?. The fraction of sp³-hybridized carbons (Fsp3) is 0.867. The molecule has 20 heavy (non-hydrogen) atoms. The molecule has 0 saturated carbocycles. The van der Waals surface area contributed by atoms with Gasteiger partial charge in [0.1, 0.15) is 5.54 Å². The van der Waals surface area contributed by atoms with Crippen LogP contribution in [0.1, 0.15) is 59.3 Å². The Hall–Kier alpha value is -1.26. The molecule has 0 bridgehead atoms. The molecule has 114 valence electrons. The highest BCUT2D eigenvalue weighted by Crippen LogP contribution is 2.35. The number of nitrogens with zero attached hydrogens (tertiary/aromatic N) is 2. The molecule has 3 atom stereocenters. The van der Waals surface area contributed by atoms with Crippen molar-refractivity contribution in [3.05, 3.63) is 0 Å². The van der Waals surface area contributed by atoms with E-state index in [1.807, 2.05) is 11.8 Å². The fourth-order valence-electron chi connectivity index (χ4n) is 3.84. The molecule has 2 aliphatic rings. The fourth-order valence-corrected chi connectivity index (χ4v) is 3.84. The van der Waals surface area contributed by atoms with E-state index >= 15 is 0 Å². The number of amides is 2. The lowest BCUT2D eigenvalue weighted by atomic mass is 9.92. The van der Waals surface area contributed by atoms with Crippen molar-refractivity contribution in [2.45, 2.75) is 76.9 Å². The molecular formula is C15H26N2O3. The van der Waals surface area contributed by atoms with Crippen LogP contribution in [-0.4, -0.2) is 51.1 Å². The minimum Gasteiger partial charge on any atom is -0.479 e. The maximum Gasteiger partial charge on any atom is 0.329 e. The van der Waals surface area contributed by atoms with E-state index in [0.717, 1.165) is 25.7 Å². The van der Waals surface area contributed by atoms with E-state index in [-0.39, 0.29) is 18.1 Å². The Balaban J connectivity index is 2.25. The number of hydrogen-bond acceptors (Lipinski definition) is 2. The summed E-state index contributed by atoms with van der Waals surface area (Å²) in [4.78, 5) is 28.1. The lowest BCUT2D eigenvalue weighted by Crippen LogP contribution is -2.60. The monoisotopic (exact) mass is 282 g/mol. The summed E-state index contributed by atoms with van der Waals surface area (Å²) in [7, 11) is 0. The molecule has 0 aliphatic carbocycles. The molecule has 2 rings (SSSR count). The number of aliphatic carboxylic acids is 1. The Kier molecular flexibility index (Phi) is 4.25. The second kappa shape index (κ2) is 5.62. The van der Waals surface area contributed by atoms with Crippen LogP contribution in [0.2, 0.25) is 0 Å². The number of piperidine rings is 1. The summed E-state index contributed by atoms with van der Waals surface area (Å²) in [5.74, 6) is -0.858. The topological polar surface area (TPSA) is 60.9 Å². The number of urea groups is 1. The summed E-state index contributed by atoms with van der Waals surface area (Å²) in [5, 5.41) is 9.60. The third kappa shape index (κ3) is 2.27. The van der Waals surface area contributed by atoms with E-state index in [4.69, 9.17) is 0 Å². The van der Waals surface area contributed by atoms with E-state index in [0.29, 0.717) is 19.4 Å². The van der Waals surface area contributed by atoms with Crippen LogP contribution in [0.25, 0.3) is 0 Å². The summed E-state index contributed by atoms with van der Waals surface area (Å²) < 4.78 is 0. The first kappa shape index (κ1) is 15.1. The Labute approximate surface area is 120 Å². The van der Waals surface area contributed by atoms with Crippen LogP contribution in [0.3, 0.4) is 0 Å². The molecule has 5 nitrogen and oxygen atoms in total. The lowest BCUT2D eigenvalue weighted by Gasteiger charge is -2.44. The van der Waals surface area contributed by atoms with E-state index in [1.54, 1.807) is 4.90 Å². The average Bonchev–Trinajstić information content (AvgIpc) is 2.83. The van der Waals surface area contributed by atoms with Crippen molar-refractivity contribution in [3.8, 4) is 0 Å². The number of rotatable bonds is 2. The first-order valence-electron chi connectivity index (χ1n) is 7.77. The first-order valence-corrected chi connectivity index (χ1v) is 7.77. The number of carboxylic acids is 1. The SMILES string of the molecule is CCC1(C(=O)O)CCCN1C(=O)N1[C@H](C)CCC[C@@H]1C. The summed E-state index contributed by atoms with van der Waals surface area (Å²) in [6.45, 7) is 6.56. The third-order valence-electron chi connectivity index (χ3n) is 5.12. The van der Waals surface area contributed by atoms with Gasteiger partial charge in [-0.3, -0.25) is 0 Å². The molecule has 2 aliphatic heterocycles. The molecule has 0 aromatic carbocycles. The summed E-state index contributed by atoms with van der Waals surface area (Å²) in [5.41, 5.74) is -0.992. The Morgan fingerprint density at radius 3 is 2.30 bits per heavy atom. The molecular weight excluding hydrogens is 256 g/mol. The zero-order chi connectivity index (χ0) is 14.9. The second-order valence-electron chi connectivity index (χ2n) is 6.26. The normalized spacial score (nSPS) is 34.4. The lowest BCUT2D eigenvalue weighted by molar-refractivity contribution is -0.148. The van der Waals surface area contributed by atoms with Crippen molar-refractivity contribution >= 4 is 12.0 Å². The second-order valence-corrected chi connectivity index (χ2v) is 6.26. The number of carbonyl (C=O) groups excluding carboxylic acids is 1. The van der Waals surface area contributed by atoms with E-state index in [1.165, 1.54) is 0 Å². The molecule has 1 N–H and O–H groups in total. The highest BCUT2D eigenvalue weighted by molar-refractivity contribution is 5.87. The van der Waals surface area contributed by atoms with Gasteiger partial charge >= 0.3 is 12.0 Å². The van der Waals surface area contributed by atoms with Crippen molar-refractivity contribution < 1.29 is 14.7 Å². The molecule has 1 unspecified atom stereocenters. The molecule has 2 fully saturated rings. The Morgan fingerprint density at radius 1 is 1.20 bits per heavy atom. The molecule has 2 heterocycles. The van der Waals surface area contributed by atoms with Crippen molar-refractivity contribution in [2.75, 3.05) is 6.54 Å². The molecule has 2 saturated heterocycles. The van der Waals surface area contributed by atoms with Crippen LogP contribution >= 0.6 is 0 Å². The van der Waals surface area contributed by atoms with Gasteiger partial charge in [-0.05, 0) is 52.4 Å². The van der Waals surface area contributed by atoms with E-state index in [2.05, 4.69) is 13.8 Å². The van der Waals surface area contributed by atoms with Crippen LogP contribution in [-0.2, 0) is 4.79 Å². The minimum atomic E-state index is -0.992. The zero-order valence-electron chi connectivity index (χ0n) is 12.8. The molecule has 0 spiro atoms. The quantitative estimate of drug-likeness (QED) is 0.847. The predicted molar refractivity (Wildman–Crippen MR) is 76.6 cm³/mol. The zero-order valence-corrected chi connectivity index (χ0v) is 12.8. The molecule has 0 radical (unpaired) electrons. The predicted octanol–water partition coefficient (Wildman–Crippen LogP) is 2.70. The van der Waals surface area contributed by atoms with Crippen molar-refractivity contribution in [3.63, 3.8) is 0 Å². The number of carboxylic acid groups (broad SMARTS) is 1. The van der Waals surface area contributed by atoms with Crippen LogP contribution in [0.5, 0.6) is 0 Å². The highest BCUT2D eigenvalue weighted by atomic mass is 16.4. The van der Waals surface area contributed by atoms with E-state index in [9.17, 15) is 14.7 Å². The van der Waals surface area contributed by atoms with Gasteiger partial charge in [-0.25, -0.2) is 9.59 Å². The molecule has 0 aromatic rings. The van der Waals surface area contributed by atoms with Crippen molar-refractivity contribution in [2.24, 2.45) is 0 Å². The van der Waals surface area contributed by atoms with Gasteiger partial charge in [0.15, 0.2) is 0 Å². The highest BCUT2D eigenvalue weighted by Gasteiger charge is 2.50. The third-order valence-corrected chi connectivity index (χ3v) is 5.12. The largest absolute Gasteiger partial charge is 0.479 e. The van der Waals surface area contributed by atoms with Gasteiger partial charge in [-0.2, -0.15) is 0 Å². The Bertz CT molecular complexity index is 389. The summed E-state index contributed by atoms with van der Waals surface area (Å²) in [6.07, 6.45) is 4.99. The van der Waals surface area contributed by atoms with Crippen molar-refractivity contribution in [1.29, 1.82) is 0 Å². The van der Waals surface area contributed by atoms with Crippen molar-refractivity contribution in [1.82, 2.24) is 9.80 Å². The van der Waals surface area contributed by atoms with Gasteiger partial charge in [0.05, 0.1) is 0 Å². The minimum absolute atomic E-state index is 0.0774. The number of likely N-dealkylation sites (tertiary alicyclic amines) is 2. The van der Waals surface area contributed by atoms with Gasteiger partial charge < -0.3 is 14.9 Å². The van der Waals surface area contributed by atoms with Crippen LogP contribution in [0.4, 0.5) is 4.79 Å². The van der Waals surface area contributed by atoms with Crippen LogP contribution in [0, 0.1) is 0 Å². The van der Waals surface area contributed by atoms with Gasteiger partial charge in [-0.1, -0.05) is 6.92 Å². The maximum atomic E-state index is 12.9. The van der Waals surface area contributed by atoms with Crippen LogP contribution < -0.4 is 0 Å². The van der Waals surface area contributed by atoms with Gasteiger partial charge in [-0.15, -0.1) is 0 Å². The molecule has 2 amide bonds. The first-order chi connectivity index (χ1) is 9.44. The molecule has 5 heteroatoms. The summed E-state index contributed by atoms with van der Waals surface area (Å²) >= 11 is 0. The van der Waals surface area contributed by atoms with Gasteiger partial charge in [0, 0.05) is 18.6 Å². The van der Waals surface area contributed by atoms with E-state index < -0.39 is 11.5 Å². The number of carbonyl (C=O) groups is 2.